The van der Waals surface area contributed by atoms with Gasteiger partial charge in [0.05, 0.1) is 6.04 Å². The van der Waals surface area contributed by atoms with Crippen LogP contribution in [-0.4, -0.2) is 16.7 Å². The molecule has 1 aliphatic rings. The number of benzene rings is 2. The average molecular weight is 306 g/mol. The molecule has 2 atom stereocenters. The molecular weight excluding hydrogens is 286 g/mol. The van der Waals surface area contributed by atoms with Gasteiger partial charge in [-0.25, -0.2) is 0 Å². The Kier molecular flexibility index (Phi) is 4.28. The van der Waals surface area contributed by atoms with Gasteiger partial charge in [-0.05, 0) is 37.1 Å². The molecule has 0 saturated carbocycles. The highest BCUT2D eigenvalue weighted by atomic mass is 35.5. The second kappa shape index (κ2) is 5.68. The Morgan fingerprint density at radius 2 is 1.71 bits per heavy atom. The molecule has 3 nitrogen and oxygen atoms in total. The van der Waals surface area contributed by atoms with Gasteiger partial charge >= 0.3 is 0 Å². The number of aliphatic hydroxyl groups excluding tert-OH is 1. The first-order valence-corrected chi connectivity index (χ1v) is 6.81. The van der Waals surface area contributed by atoms with Gasteiger partial charge in [-0.3, -0.25) is 0 Å². The average Bonchev–Trinajstić information content (AvgIpc) is 2.45. The molecular formula is C17H20ClNO2. The van der Waals surface area contributed by atoms with Gasteiger partial charge in [0, 0.05) is 5.56 Å². The topological polar surface area (TPSA) is 55.5 Å². The Labute approximate surface area is 131 Å². The Morgan fingerprint density at radius 1 is 1.05 bits per heavy atom. The zero-order chi connectivity index (χ0) is 14.3. The Balaban J connectivity index is 0.00000161. The summed E-state index contributed by atoms with van der Waals surface area (Å²) in [4.78, 5) is 0. The SMILES string of the molecule is CC1(C)Oc2ccc(-c3ccccc3)cc2C(O)C1N.Cl. The fourth-order valence-corrected chi connectivity index (χ4v) is 2.61. The maximum atomic E-state index is 10.4. The van der Waals surface area contributed by atoms with Gasteiger partial charge in [-0.15, -0.1) is 12.4 Å². The van der Waals surface area contributed by atoms with Crippen molar-refractivity contribution in [2.75, 3.05) is 0 Å². The Morgan fingerprint density at radius 3 is 2.38 bits per heavy atom. The lowest BCUT2D eigenvalue weighted by Crippen LogP contribution is -2.53. The van der Waals surface area contributed by atoms with Crippen LogP contribution >= 0.6 is 12.4 Å². The van der Waals surface area contributed by atoms with E-state index in [4.69, 9.17) is 10.5 Å². The lowest BCUT2D eigenvalue weighted by atomic mass is 9.86. The Bertz CT molecular complexity index is 628. The van der Waals surface area contributed by atoms with Crippen LogP contribution in [-0.2, 0) is 0 Å². The van der Waals surface area contributed by atoms with Gasteiger partial charge in [0.25, 0.3) is 0 Å². The predicted octanol–water partition coefficient (Wildman–Crippen LogP) is 3.31. The van der Waals surface area contributed by atoms with Crippen molar-refractivity contribution in [2.24, 2.45) is 5.73 Å². The molecule has 2 aromatic rings. The summed E-state index contributed by atoms with van der Waals surface area (Å²) in [5, 5.41) is 10.4. The summed E-state index contributed by atoms with van der Waals surface area (Å²) in [5.41, 5.74) is 8.44. The highest BCUT2D eigenvalue weighted by molar-refractivity contribution is 5.85. The van der Waals surface area contributed by atoms with E-state index in [0.29, 0.717) is 5.75 Å². The second-order valence-electron chi connectivity index (χ2n) is 5.79. The fourth-order valence-electron chi connectivity index (χ4n) is 2.61. The van der Waals surface area contributed by atoms with E-state index in [1.165, 1.54) is 0 Å². The number of halogens is 1. The summed E-state index contributed by atoms with van der Waals surface area (Å²) in [5.74, 6) is 0.712. The first-order chi connectivity index (χ1) is 9.49. The third-order valence-corrected chi connectivity index (χ3v) is 3.95. The van der Waals surface area contributed by atoms with Crippen molar-refractivity contribution in [2.45, 2.75) is 31.6 Å². The summed E-state index contributed by atoms with van der Waals surface area (Å²) in [6, 6.07) is 15.5. The van der Waals surface area contributed by atoms with Crippen LogP contribution in [0.25, 0.3) is 11.1 Å². The lowest BCUT2D eigenvalue weighted by Gasteiger charge is -2.41. The predicted molar refractivity (Wildman–Crippen MR) is 86.8 cm³/mol. The van der Waals surface area contributed by atoms with E-state index >= 15 is 0 Å². The number of hydrogen-bond donors (Lipinski definition) is 2. The van der Waals surface area contributed by atoms with E-state index in [2.05, 4.69) is 0 Å². The van der Waals surface area contributed by atoms with Gasteiger partial charge in [-0.1, -0.05) is 36.4 Å². The molecule has 0 spiro atoms. The summed E-state index contributed by atoms with van der Waals surface area (Å²) >= 11 is 0. The molecule has 112 valence electrons. The molecule has 1 heterocycles. The van der Waals surface area contributed by atoms with Crippen molar-refractivity contribution >= 4 is 12.4 Å². The zero-order valence-corrected chi connectivity index (χ0v) is 12.9. The minimum absolute atomic E-state index is 0. The molecule has 1 aliphatic heterocycles. The van der Waals surface area contributed by atoms with Gasteiger partial charge in [0.15, 0.2) is 0 Å². The number of ether oxygens (including phenoxy) is 1. The van der Waals surface area contributed by atoms with Crippen molar-refractivity contribution in [3.05, 3.63) is 54.1 Å². The first kappa shape index (κ1) is 15.8. The van der Waals surface area contributed by atoms with Crippen LogP contribution in [0.3, 0.4) is 0 Å². The van der Waals surface area contributed by atoms with Crippen LogP contribution in [0.5, 0.6) is 5.75 Å². The second-order valence-corrected chi connectivity index (χ2v) is 5.79. The minimum Gasteiger partial charge on any atom is -0.486 e. The van der Waals surface area contributed by atoms with Crippen molar-refractivity contribution in [1.82, 2.24) is 0 Å². The van der Waals surface area contributed by atoms with Gasteiger partial charge in [-0.2, -0.15) is 0 Å². The molecule has 2 unspecified atom stereocenters. The largest absolute Gasteiger partial charge is 0.486 e. The zero-order valence-electron chi connectivity index (χ0n) is 12.1. The van der Waals surface area contributed by atoms with E-state index < -0.39 is 17.7 Å². The molecule has 2 aromatic carbocycles. The van der Waals surface area contributed by atoms with E-state index in [1.807, 2.05) is 62.4 Å². The van der Waals surface area contributed by atoms with Crippen LogP contribution in [0.2, 0.25) is 0 Å². The summed E-state index contributed by atoms with van der Waals surface area (Å²) < 4.78 is 5.91. The van der Waals surface area contributed by atoms with Gasteiger partial charge in [0.1, 0.15) is 17.5 Å². The molecule has 0 aliphatic carbocycles. The minimum atomic E-state index is -0.711. The number of hydrogen-bond acceptors (Lipinski definition) is 3. The molecule has 0 saturated heterocycles. The van der Waals surface area contributed by atoms with E-state index in [0.717, 1.165) is 16.7 Å². The van der Waals surface area contributed by atoms with E-state index in [-0.39, 0.29) is 12.4 Å². The Hall–Kier alpha value is -1.55. The van der Waals surface area contributed by atoms with Gasteiger partial charge < -0.3 is 15.6 Å². The van der Waals surface area contributed by atoms with Crippen LogP contribution in [0, 0.1) is 0 Å². The molecule has 0 amide bonds. The number of fused-ring (bicyclic) bond motifs is 1. The van der Waals surface area contributed by atoms with E-state index in [1.54, 1.807) is 0 Å². The summed E-state index contributed by atoms with van der Waals surface area (Å²) in [6.45, 7) is 3.80. The third kappa shape index (κ3) is 2.77. The highest BCUT2D eigenvalue weighted by Gasteiger charge is 2.40. The van der Waals surface area contributed by atoms with Crippen LogP contribution in [0.1, 0.15) is 25.5 Å². The molecule has 21 heavy (non-hydrogen) atoms. The molecule has 4 heteroatoms. The molecule has 0 fully saturated rings. The number of nitrogens with two attached hydrogens (primary N) is 1. The smallest absolute Gasteiger partial charge is 0.126 e. The maximum Gasteiger partial charge on any atom is 0.126 e. The summed E-state index contributed by atoms with van der Waals surface area (Å²) in [7, 11) is 0. The third-order valence-electron chi connectivity index (χ3n) is 3.95. The normalized spacial score (nSPS) is 22.7. The summed E-state index contributed by atoms with van der Waals surface area (Å²) in [6.07, 6.45) is -0.711. The fraction of sp³-hybridized carbons (Fsp3) is 0.294. The quantitative estimate of drug-likeness (QED) is 0.850. The van der Waals surface area contributed by atoms with Crippen LogP contribution in [0.4, 0.5) is 0 Å². The number of rotatable bonds is 1. The lowest BCUT2D eigenvalue weighted by molar-refractivity contribution is -0.0116. The van der Waals surface area contributed by atoms with Crippen LogP contribution in [0.15, 0.2) is 48.5 Å². The van der Waals surface area contributed by atoms with E-state index in [9.17, 15) is 5.11 Å². The van der Waals surface area contributed by atoms with Crippen molar-refractivity contribution in [3.63, 3.8) is 0 Å². The maximum absolute atomic E-state index is 10.4. The van der Waals surface area contributed by atoms with Crippen LogP contribution < -0.4 is 10.5 Å². The molecule has 0 bridgehead atoms. The van der Waals surface area contributed by atoms with Crippen molar-refractivity contribution in [1.29, 1.82) is 0 Å². The monoisotopic (exact) mass is 305 g/mol. The highest BCUT2D eigenvalue weighted by Crippen LogP contribution is 2.40. The van der Waals surface area contributed by atoms with Crippen molar-refractivity contribution < 1.29 is 9.84 Å². The standard InChI is InChI=1S/C17H19NO2.ClH/c1-17(2)16(18)15(19)13-10-12(8-9-14(13)20-17)11-6-4-3-5-7-11;/h3-10,15-16,19H,18H2,1-2H3;1H. The molecule has 0 aromatic heterocycles. The molecule has 3 N–H and O–H groups in total. The molecule has 3 rings (SSSR count). The first-order valence-electron chi connectivity index (χ1n) is 6.81. The molecule has 0 radical (unpaired) electrons. The van der Waals surface area contributed by atoms with Gasteiger partial charge in [0.2, 0.25) is 0 Å². The number of aliphatic hydroxyl groups is 1. The van der Waals surface area contributed by atoms with Crippen molar-refractivity contribution in [3.8, 4) is 16.9 Å².